The van der Waals surface area contributed by atoms with Crippen molar-refractivity contribution in [2.75, 3.05) is 42.9 Å². The number of fused-ring (bicyclic) bond motifs is 1. The minimum atomic E-state index is -4.54. The van der Waals surface area contributed by atoms with Gasteiger partial charge in [-0.3, -0.25) is 4.79 Å². The summed E-state index contributed by atoms with van der Waals surface area (Å²) in [5.74, 6) is -1.01. The average molecular weight is 464 g/mol. The normalized spacial score (nSPS) is 22.5. The second-order valence-electron chi connectivity index (χ2n) is 9.09. The van der Waals surface area contributed by atoms with Gasteiger partial charge >= 0.3 is 6.18 Å². The standard InChI is InChI=1S/C22H28F3N7O/c23-22(24,25)16-13-17(33)29-19-18(16)21(28-14-27-19)31-8-3-15(4-9-31)20-26-5-10-32(20)12-11-30-6-1-2-7-30/h5,10,14-16H,1-4,6-9,11-13H2,(H,27,28,29,33). The summed E-state index contributed by atoms with van der Waals surface area (Å²) < 4.78 is 43.5. The molecule has 0 aromatic carbocycles. The van der Waals surface area contributed by atoms with Crippen molar-refractivity contribution in [2.45, 2.75) is 56.7 Å². The van der Waals surface area contributed by atoms with Crippen LogP contribution < -0.4 is 10.2 Å². The van der Waals surface area contributed by atoms with Gasteiger partial charge in [-0.05, 0) is 38.8 Å². The Balaban J connectivity index is 1.30. The monoisotopic (exact) mass is 463 g/mol. The lowest BCUT2D eigenvalue weighted by Crippen LogP contribution is -2.38. The highest BCUT2D eigenvalue weighted by molar-refractivity contribution is 5.94. The summed E-state index contributed by atoms with van der Waals surface area (Å²) in [5, 5.41) is 2.48. The summed E-state index contributed by atoms with van der Waals surface area (Å²) in [6, 6.07) is 0. The van der Waals surface area contributed by atoms with Crippen molar-refractivity contribution in [2.24, 2.45) is 0 Å². The van der Waals surface area contributed by atoms with Crippen LogP contribution in [0.5, 0.6) is 0 Å². The Morgan fingerprint density at radius 1 is 1.03 bits per heavy atom. The molecule has 2 saturated heterocycles. The molecular formula is C22H28F3N7O. The lowest BCUT2D eigenvalue weighted by Gasteiger charge is -2.36. The second kappa shape index (κ2) is 8.92. The highest BCUT2D eigenvalue weighted by atomic mass is 19.4. The third kappa shape index (κ3) is 4.55. The van der Waals surface area contributed by atoms with E-state index in [0.717, 1.165) is 44.8 Å². The number of carbonyl (C=O) groups is 1. The Labute approximate surface area is 190 Å². The van der Waals surface area contributed by atoms with Crippen LogP contribution in [0.2, 0.25) is 0 Å². The zero-order chi connectivity index (χ0) is 23.0. The van der Waals surface area contributed by atoms with Gasteiger partial charge in [0.15, 0.2) is 0 Å². The van der Waals surface area contributed by atoms with E-state index in [-0.39, 0.29) is 23.1 Å². The Hall–Kier alpha value is -2.69. The number of rotatable bonds is 5. The Morgan fingerprint density at radius 2 is 1.79 bits per heavy atom. The van der Waals surface area contributed by atoms with E-state index >= 15 is 0 Å². The molecule has 8 nitrogen and oxygen atoms in total. The number of aromatic nitrogens is 4. The second-order valence-corrected chi connectivity index (χ2v) is 9.09. The van der Waals surface area contributed by atoms with Gasteiger partial charge in [0.1, 0.15) is 23.8 Å². The number of amides is 1. The molecule has 0 bridgehead atoms. The summed E-state index contributed by atoms with van der Waals surface area (Å²) in [5.41, 5.74) is -0.0184. The van der Waals surface area contributed by atoms with Crippen LogP contribution in [0.1, 0.15) is 55.3 Å². The summed E-state index contributed by atoms with van der Waals surface area (Å²) >= 11 is 0. The minimum absolute atomic E-state index is 0.0184. The first-order valence-electron chi connectivity index (χ1n) is 11.6. The fourth-order valence-electron chi connectivity index (χ4n) is 5.28. The number of imidazole rings is 1. The third-order valence-corrected chi connectivity index (χ3v) is 7.02. The van der Waals surface area contributed by atoms with Crippen LogP contribution in [0, 0.1) is 0 Å². The van der Waals surface area contributed by atoms with Crippen molar-refractivity contribution in [3.05, 3.63) is 30.1 Å². The van der Waals surface area contributed by atoms with E-state index in [1.165, 1.54) is 19.2 Å². The number of alkyl halides is 3. The van der Waals surface area contributed by atoms with Gasteiger partial charge in [0, 0.05) is 50.9 Å². The van der Waals surface area contributed by atoms with Gasteiger partial charge in [-0.1, -0.05) is 0 Å². The molecule has 2 aromatic heterocycles. The van der Waals surface area contributed by atoms with Crippen LogP contribution in [0.25, 0.3) is 0 Å². The number of nitrogens with zero attached hydrogens (tertiary/aromatic N) is 6. The van der Waals surface area contributed by atoms with Gasteiger partial charge < -0.3 is 19.7 Å². The zero-order valence-corrected chi connectivity index (χ0v) is 18.4. The zero-order valence-electron chi connectivity index (χ0n) is 18.4. The van der Waals surface area contributed by atoms with E-state index in [9.17, 15) is 18.0 Å². The van der Waals surface area contributed by atoms with Gasteiger partial charge in [-0.15, -0.1) is 0 Å². The van der Waals surface area contributed by atoms with Crippen molar-refractivity contribution >= 4 is 17.5 Å². The van der Waals surface area contributed by atoms with Crippen LogP contribution in [0.4, 0.5) is 24.8 Å². The number of anilines is 2. The molecule has 1 atom stereocenters. The number of carbonyl (C=O) groups excluding carboxylic acids is 1. The minimum Gasteiger partial charge on any atom is -0.356 e. The average Bonchev–Trinajstić information content (AvgIpc) is 3.48. The molecule has 3 aliphatic heterocycles. The number of halogens is 3. The number of piperidine rings is 1. The molecule has 0 aliphatic carbocycles. The maximum Gasteiger partial charge on any atom is 0.396 e. The highest BCUT2D eigenvalue weighted by Gasteiger charge is 2.48. The van der Waals surface area contributed by atoms with Crippen molar-refractivity contribution in [3.8, 4) is 0 Å². The van der Waals surface area contributed by atoms with Crippen molar-refractivity contribution in [1.29, 1.82) is 0 Å². The van der Waals surface area contributed by atoms with Crippen molar-refractivity contribution in [3.63, 3.8) is 0 Å². The molecule has 1 amide bonds. The molecule has 11 heteroatoms. The number of hydrogen-bond donors (Lipinski definition) is 1. The molecule has 2 aromatic rings. The van der Waals surface area contributed by atoms with Gasteiger partial charge in [0.2, 0.25) is 5.91 Å². The third-order valence-electron chi connectivity index (χ3n) is 7.02. The summed E-state index contributed by atoms with van der Waals surface area (Å²) in [6.07, 6.45) is 4.00. The Morgan fingerprint density at radius 3 is 2.52 bits per heavy atom. The molecule has 5 heterocycles. The topological polar surface area (TPSA) is 79.2 Å². The maximum atomic E-state index is 13.7. The summed E-state index contributed by atoms with van der Waals surface area (Å²) in [6.45, 7) is 5.38. The lowest BCUT2D eigenvalue weighted by atomic mass is 9.90. The molecule has 0 saturated carbocycles. The molecule has 33 heavy (non-hydrogen) atoms. The van der Waals surface area contributed by atoms with Crippen LogP contribution in [0.15, 0.2) is 18.7 Å². The van der Waals surface area contributed by atoms with Gasteiger partial charge in [0.05, 0.1) is 11.5 Å². The number of likely N-dealkylation sites (tertiary alicyclic amines) is 1. The Bertz CT molecular complexity index is 994. The fourth-order valence-corrected chi connectivity index (χ4v) is 5.28. The molecule has 2 fully saturated rings. The largest absolute Gasteiger partial charge is 0.396 e. The smallest absolute Gasteiger partial charge is 0.356 e. The first-order valence-corrected chi connectivity index (χ1v) is 11.6. The first kappa shape index (κ1) is 22.1. The predicted octanol–water partition coefficient (Wildman–Crippen LogP) is 3.14. The first-order chi connectivity index (χ1) is 15.9. The fraction of sp³-hybridized carbons (Fsp3) is 0.636. The van der Waals surface area contributed by atoms with Gasteiger partial charge in [-0.2, -0.15) is 13.2 Å². The molecule has 1 unspecified atom stereocenters. The molecule has 178 valence electrons. The van der Waals surface area contributed by atoms with E-state index in [1.807, 2.05) is 17.3 Å². The van der Waals surface area contributed by atoms with Crippen molar-refractivity contribution < 1.29 is 18.0 Å². The maximum absolute atomic E-state index is 13.7. The van der Waals surface area contributed by atoms with Crippen LogP contribution in [-0.4, -0.2) is 69.2 Å². The van der Waals surface area contributed by atoms with E-state index in [4.69, 9.17) is 0 Å². The Kier molecular flexibility index (Phi) is 5.98. The molecule has 1 N–H and O–H groups in total. The van der Waals surface area contributed by atoms with Gasteiger partial charge in [-0.25, -0.2) is 15.0 Å². The van der Waals surface area contributed by atoms with E-state index < -0.39 is 24.4 Å². The highest BCUT2D eigenvalue weighted by Crippen LogP contribution is 2.46. The SMILES string of the molecule is O=C1CC(C(F)(F)F)c2c(ncnc2N2CCC(c3nccn3CCN3CCCC3)CC2)N1. The van der Waals surface area contributed by atoms with Crippen LogP contribution >= 0.6 is 0 Å². The van der Waals surface area contributed by atoms with E-state index in [0.29, 0.717) is 13.1 Å². The molecule has 0 spiro atoms. The molecule has 5 rings (SSSR count). The van der Waals surface area contributed by atoms with Crippen molar-refractivity contribution in [1.82, 2.24) is 24.4 Å². The number of hydrogen-bond acceptors (Lipinski definition) is 6. The summed E-state index contributed by atoms with van der Waals surface area (Å²) in [4.78, 5) is 28.9. The van der Waals surface area contributed by atoms with Crippen LogP contribution in [0.3, 0.4) is 0 Å². The quantitative estimate of drug-likeness (QED) is 0.734. The van der Waals surface area contributed by atoms with Crippen LogP contribution in [-0.2, 0) is 11.3 Å². The molecule has 3 aliphatic rings. The molecule has 0 radical (unpaired) electrons. The lowest BCUT2D eigenvalue weighted by molar-refractivity contribution is -0.156. The van der Waals surface area contributed by atoms with E-state index in [2.05, 4.69) is 29.7 Å². The predicted molar refractivity (Wildman–Crippen MR) is 116 cm³/mol. The van der Waals surface area contributed by atoms with Gasteiger partial charge in [0.25, 0.3) is 0 Å². The molecular weight excluding hydrogens is 435 g/mol. The summed E-state index contributed by atoms with van der Waals surface area (Å²) in [7, 11) is 0. The van der Waals surface area contributed by atoms with E-state index in [1.54, 1.807) is 0 Å². The number of nitrogens with one attached hydrogen (secondary N) is 1.